The lowest BCUT2D eigenvalue weighted by Crippen LogP contribution is -2.28. The molecule has 1 saturated heterocycles. The second kappa shape index (κ2) is 5.77. The third-order valence-electron chi connectivity index (χ3n) is 3.68. The highest BCUT2D eigenvalue weighted by molar-refractivity contribution is 7.14. The van der Waals surface area contributed by atoms with Gasteiger partial charge in [-0.3, -0.25) is 4.79 Å². The van der Waals surface area contributed by atoms with Crippen LogP contribution in [0.3, 0.4) is 0 Å². The van der Waals surface area contributed by atoms with Crippen LogP contribution in [0, 0.1) is 30.6 Å². The van der Waals surface area contributed by atoms with Gasteiger partial charge < -0.3 is 10.0 Å². The Kier molecular flexibility index (Phi) is 4.28. The molecule has 0 radical (unpaired) electrons. The summed E-state index contributed by atoms with van der Waals surface area (Å²) in [6.45, 7) is 7.86. The first-order valence-electron chi connectivity index (χ1n) is 6.52. The third-order valence-corrected chi connectivity index (χ3v) is 4.83. The molecule has 2 heterocycles. The van der Waals surface area contributed by atoms with Gasteiger partial charge in [-0.1, -0.05) is 25.7 Å². The molecular weight excluding hydrogens is 258 g/mol. The molecule has 2 atom stereocenters. The Morgan fingerprint density at radius 2 is 2.11 bits per heavy atom. The number of likely N-dealkylation sites (tertiary alicyclic amines) is 1. The standard InChI is InChI=1S/C15H19NO2S/c1-10-7-14(19-13(10)5-4-6-17)15(18)16-8-11(2)12(3)9-16/h7,11-12,17H,6,8-9H2,1-3H3. The number of hydrogen-bond acceptors (Lipinski definition) is 3. The summed E-state index contributed by atoms with van der Waals surface area (Å²) in [5.74, 6) is 6.77. The van der Waals surface area contributed by atoms with Gasteiger partial charge in [-0.25, -0.2) is 0 Å². The Morgan fingerprint density at radius 1 is 1.47 bits per heavy atom. The van der Waals surface area contributed by atoms with Gasteiger partial charge in [0.2, 0.25) is 0 Å². The molecule has 1 aromatic rings. The summed E-state index contributed by atoms with van der Waals surface area (Å²) in [6.07, 6.45) is 0. The molecule has 4 heteroatoms. The van der Waals surface area contributed by atoms with Crippen molar-refractivity contribution in [2.24, 2.45) is 11.8 Å². The highest BCUT2D eigenvalue weighted by Gasteiger charge is 2.30. The maximum atomic E-state index is 12.4. The summed E-state index contributed by atoms with van der Waals surface area (Å²) in [5.41, 5.74) is 1.01. The molecule has 0 bridgehead atoms. The fraction of sp³-hybridized carbons (Fsp3) is 0.533. The van der Waals surface area contributed by atoms with E-state index in [1.807, 2.05) is 17.9 Å². The van der Waals surface area contributed by atoms with Crippen LogP contribution in [0.1, 0.15) is 34.0 Å². The number of thiophene rings is 1. The van der Waals surface area contributed by atoms with Crippen molar-refractivity contribution in [1.29, 1.82) is 0 Å². The first-order valence-corrected chi connectivity index (χ1v) is 7.34. The van der Waals surface area contributed by atoms with E-state index in [2.05, 4.69) is 25.7 Å². The minimum Gasteiger partial charge on any atom is -0.384 e. The highest BCUT2D eigenvalue weighted by Crippen LogP contribution is 2.27. The molecule has 1 fully saturated rings. The molecule has 1 aliphatic rings. The van der Waals surface area contributed by atoms with Gasteiger partial charge in [-0.15, -0.1) is 11.3 Å². The van der Waals surface area contributed by atoms with Crippen LogP contribution < -0.4 is 0 Å². The molecular formula is C15H19NO2S. The van der Waals surface area contributed by atoms with E-state index in [1.54, 1.807) is 0 Å². The van der Waals surface area contributed by atoms with Crippen molar-refractivity contribution in [3.8, 4) is 11.8 Å². The van der Waals surface area contributed by atoms with E-state index in [0.717, 1.165) is 28.4 Å². The van der Waals surface area contributed by atoms with E-state index in [4.69, 9.17) is 5.11 Å². The quantitative estimate of drug-likeness (QED) is 0.799. The molecule has 19 heavy (non-hydrogen) atoms. The first kappa shape index (κ1) is 14.1. The van der Waals surface area contributed by atoms with Crippen molar-refractivity contribution in [2.75, 3.05) is 19.7 Å². The smallest absolute Gasteiger partial charge is 0.263 e. The summed E-state index contributed by atoms with van der Waals surface area (Å²) in [4.78, 5) is 16.0. The zero-order valence-corrected chi connectivity index (χ0v) is 12.4. The van der Waals surface area contributed by atoms with Crippen LogP contribution in [-0.4, -0.2) is 35.6 Å². The number of nitrogens with zero attached hydrogens (tertiary/aromatic N) is 1. The molecule has 102 valence electrons. The topological polar surface area (TPSA) is 40.5 Å². The van der Waals surface area contributed by atoms with Crippen LogP contribution in [0.15, 0.2) is 6.07 Å². The summed E-state index contributed by atoms with van der Waals surface area (Å²) in [7, 11) is 0. The van der Waals surface area contributed by atoms with Crippen LogP contribution in [0.5, 0.6) is 0 Å². The predicted molar refractivity (Wildman–Crippen MR) is 77.3 cm³/mol. The van der Waals surface area contributed by atoms with Crippen molar-refractivity contribution in [1.82, 2.24) is 4.90 Å². The van der Waals surface area contributed by atoms with Crippen molar-refractivity contribution in [3.05, 3.63) is 21.4 Å². The number of aliphatic hydroxyl groups is 1. The van der Waals surface area contributed by atoms with E-state index in [-0.39, 0.29) is 12.5 Å². The SMILES string of the molecule is Cc1cc(C(=O)N2CC(C)C(C)C2)sc1C#CCO. The molecule has 0 aromatic carbocycles. The van der Waals surface area contributed by atoms with Gasteiger partial charge in [0.25, 0.3) is 5.91 Å². The van der Waals surface area contributed by atoms with Crippen molar-refractivity contribution >= 4 is 17.2 Å². The predicted octanol–water partition coefficient (Wildman–Crippen LogP) is 2.13. The number of carbonyl (C=O) groups excluding carboxylic acids is 1. The highest BCUT2D eigenvalue weighted by atomic mass is 32.1. The fourth-order valence-corrected chi connectivity index (χ4v) is 3.30. The first-order chi connectivity index (χ1) is 9.02. The van der Waals surface area contributed by atoms with E-state index in [1.165, 1.54) is 11.3 Å². The number of rotatable bonds is 1. The molecule has 3 nitrogen and oxygen atoms in total. The number of aliphatic hydroxyl groups excluding tert-OH is 1. The molecule has 1 aliphatic heterocycles. The molecule has 1 N–H and O–H groups in total. The lowest BCUT2D eigenvalue weighted by atomic mass is 10.0. The Balaban J connectivity index is 2.16. The van der Waals surface area contributed by atoms with Gasteiger partial charge in [0.05, 0.1) is 9.75 Å². The van der Waals surface area contributed by atoms with E-state index >= 15 is 0 Å². The zero-order chi connectivity index (χ0) is 14.0. The second-order valence-corrected chi connectivity index (χ2v) is 6.30. The fourth-order valence-electron chi connectivity index (χ4n) is 2.28. The second-order valence-electron chi connectivity index (χ2n) is 5.25. The Labute approximate surface area is 118 Å². The van der Waals surface area contributed by atoms with Crippen LogP contribution >= 0.6 is 11.3 Å². The van der Waals surface area contributed by atoms with E-state index < -0.39 is 0 Å². The summed E-state index contributed by atoms with van der Waals surface area (Å²) in [6, 6.07) is 1.90. The van der Waals surface area contributed by atoms with Crippen LogP contribution in [-0.2, 0) is 0 Å². The average molecular weight is 277 g/mol. The van der Waals surface area contributed by atoms with Gasteiger partial charge in [-0.05, 0) is 30.4 Å². The minimum atomic E-state index is -0.151. The molecule has 1 amide bonds. The van der Waals surface area contributed by atoms with Gasteiger partial charge in [-0.2, -0.15) is 0 Å². The number of hydrogen-bond donors (Lipinski definition) is 1. The van der Waals surface area contributed by atoms with Crippen LogP contribution in [0.25, 0.3) is 0 Å². The molecule has 0 spiro atoms. The third kappa shape index (κ3) is 2.99. The van der Waals surface area contributed by atoms with E-state index in [0.29, 0.717) is 11.8 Å². The summed E-state index contributed by atoms with van der Waals surface area (Å²) < 4.78 is 0. The maximum Gasteiger partial charge on any atom is 0.263 e. The zero-order valence-electron chi connectivity index (χ0n) is 11.6. The monoisotopic (exact) mass is 277 g/mol. The molecule has 0 aliphatic carbocycles. The van der Waals surface area contributed by atoms with Crippen molar-refractivity contribution < 1.29 is 9.90 Å². The van der Waals surface area contributed by atoms with Crippen molar-refractivity contribution in [3.63, 3.8) is 0 Å². The van der Waals surface area contributed by atoms with Crippen molar-refractivity contribution in [2.45, 2.75) is 20.8 Å². The largest absolute Gasteiger partial charge is 0.384 e. The average Bonchev–Trinajstić information content (AvgIpc) is 2.90. The minimum absolute atomic E-state index is 0.112. The molecule has 2 unspecified atom stereocenters. The summed E-state index contributed by atoms with van der Waals surface area (Å²) >= 11 is 1.42. The van der Waals surface area contributed by atoms with Gasteiger partial charge in [0.15, 0.2) is 0 Å². The lowest BCUT2D eigenvalue weighted by Gasteiger charge is -2.14. The normalized spacial score (nSPS) is 22.2. The molecule has 2 rings (SSSR count). The van der Waals surface area contributed by atoms with Gasteiger partial charge in [0, 0.05) is 13.1 Å². The van der Waals surface area contributed by atoms with Gasteiger partial charge >= 0.3 is 0 Å². The van der Waals surface area contributed by atoms with E-state index in [9.17, 15) is 4.79 Å². The molecule has 1 aromatic heterocycles. The Hall–Kier alpha value is -1.31. The number of carbonyl (C=O) groups is 1. The maximum absolute atomic E-state index is 12.4. The van der Waals surface area contributed by atoms with Gasteiger partial charge in [0.1, 0.15) is 6.61 Å². The number of aryl methyl sites for hydroxylation is 1. The lowest BCUT2D eigenvalue weighted by molar-refractivity contribution is 0.0789. The van der Waals surface area contributed by atoms with Crippen LogP contribution in [0.4, 0.5) is 0 Å². The van der Waals surface area contributed by atoms with Crippen LogP contribution in [0.2, 0.25) is 0 Å². The molecule has 0 saturated carbocycles. The summed E-state index contributed by atoms with van der Waals surface area (Å²) in [5, 5.41) is 8.72. The Morgan fingerprint density at radius 3 is 2.68 bits per heavy atom. The number of amides is 1. The Bertz CT molecular complexity index is 528.